The molecule has 0 bridgehead atoms. The molecule has 0 heterocycles. The molecule has 2 atom stereocenters. The summed E-state index contributed by atoms with van der Waals surface area (Å²) >= 11 is 0. The van der Waals surface area contributed by atoms with Crippen molar-refractivity contribution in [3.8, 4) is 5.75 Å². The van der Waals surface area contributed by atoms with Gasteiger partial charge in [-0.15, -0.1) is 12.4 Å². The number of nitrogens with two attached hydrogens (primary N) is 1. The second-order valence-electron chi connectivity index (χ2n) is 5.77. The minimum Gasteiger partial charge on any atom is -0.497 e. The molecule has 8 heteroatoms. The third kappa shape index (κ3) is 4.77. The van der Waals surface area contributed by atoms with E-state index in [4.69, 9.17) is 10.5 Å². The standard InChI is InChI=1S/C16H21F3N2O2.ClH/c1-23-12-6-5-11(14(7-12)16(17,18)19)9-21-15(22)13-4-2-3-10(13)8-20;/h5-7,10,13H,2-4,8-9,20H2,1H3,(H,21,22);1H/t10-,13-;/m1./s1. The number of ether oxygens (including phenoxy) is 1. The molecule has 0 saturated heterocycles. The maximum atomic E-state index is 13.1. The molecule has 1 aliphatic carbocycles. The van der Waals surface area contributed by atoms with E-state index in [1.54, 1.807) is 0 Å². The number of amides is 1. The van der Waals surface area contributed by atoms with Crippen molar-refractivity contribution < 1.29 is 22.7 Å². The number of methoxy groups -OCH3 is 1. The van der Waals surface area contributed by atoms with Crippen molar-refractivity contribution in [1.82, 2.24) is 5.32 Å². The highest BCUT2D eigenvalue weighted by atomic mass is 35.5. The fourth-order valence-corrected chi connectivity index (χ4v) is 3.08. The molecule has 1 aromatic carbocycles. The van der Waals surface area contributed by atoms with Crippen molar-refractivity contribution in [1.29, 1.82) is 0 Å². The van der Waals surface area contributed by atoms with Gasteiger partial charge >= 0.3 is 6.18 Å². The van der Waals surface area contributed by atoms with Gasteiger partial charge in [0, 0.05) is 12.5 Å². The number of halogens is 4. The van der Waals surface area contributed by atoms with Crippen molar-refractivity contribution in [3.63, 3.8) is 0 Å². The van der Waals surface area contributed by atoms with Crippen LogP contribution in [-0.2, 0) is 17.5 Å². The number of hydrogen-bond donors (Lipinski definition) is 2. The van der Waals surface area contributed by atoms with Gasteiger partial charge in [-0.25, -0.2) is 0 Å². The van der Waals surface area contributed by atoms with Gasteiger partial charge in [-0.05, 0) is 43.0 Å². The molecule has 1 aromatic rings. The Morgan fingerprint density at radius 2 is 2.08 bits per heavy atom. The van der Waals surface area contributed by atoms with Crippen LogP contribution in [0.3, 0.4) is 0 Å². The topological polar surface area (TPSA) is 64.3 Å². The average molecular weight is 367 g/mol. The van der Waals surface area contributed by atoms with Gasteiger partial charge in [0.2, 0.25) is 5.91 Å². The van der Waals surface area contributed by atoms with Gasteiger partial charge in [0.1, 0.15) is 5.75 Å². The fourth-order valence-electron chi connectivity index (χ4n) is 3.08. The maximum Gasteiger partial charge on any atom is 0.416 e. The van der Waals surface area contributed by atoms with Crippen molar-refractivity contribution >= 4 is 18.3 Å². The molecule has 0 radical (unpaired) electrons. The number of alkyl halides is 3. The highest BCUT2D eigenvalue weighted by Crippen LogP contribution is 2.35. The first-order valence-electron chi connectivity index (χ1n) is 7.58. The summed E-state index contributed by atoms with van der Waals surface area (Å²) in [6, 6.07) is 3.73. The van der Waals surface area contributed by atoms with Gasteiger partial charge in [0.15, 0.2) is 0 Å². The first-order chi connectivity index (χ1) is 10.9. The highest BCUT2D eigenvalue weighted by Gasteiger charge is 2.35. The van der Waals surface area contributed by atoms with E-state index in [0.717, 1.165) is 25.3 Å². The molecule has 3 N–H and O–H groups in total. The van der Waals surface area contributed by atoms with Crippen LogP contribution in [-0.4, -0.2) is 19.6 Å². The molecule has 0 unspecified atom stereocenters. The number of rotatable bonds is 5. The molecule has 24 heavy (non-hydrogen) atoms. The lowest BCUT2D eigenvalue weighted by Crippen LogP contribution is -2.35. The summed E-state index contributed by atoms with van der Waals surface area (Å²) in [6.07, 6.45) is -1.94. The third-order valence-electron chi connectivity index (χ3n) is 4.37. The van der Waals surface area contributed by atoms with Crippen LogP contribution in [0.15, 0.2) is 18.2 Å². The zero-order valence-electron chi connectivity index (χ0n) is 13.4. The van der Waals surface area contributed by atoms with Gasteiger partial charge in [0.05, 0.1) is 12.7 Å². The van der Waals surface area contributed by atoms with Gasteiger partial charge < -0.3 is 15.8 Å². The molecule has 1 saturated carbocycles. The average Bonchev–Trinajstić information content (AvgIpc) is 3.00. The molecule has 0 spiro atoms. The molecule has 0 aliphatic heterocycles. The second-order valence-corrected chi connectivity index (χ2v) is 5.77. The van der Waals surface area contributed by atoms with Crippen LogP contribution < -0.4 is 15.8 Å². The third-order valence-corrected chi connectivity index (χ3v) is 4.37. The van der Waals surface area contributed by atoms with E-state index in [1.807, 2.05) is 0 Å². The minimum absolute atomic E-state index is 0. The minimum atomic E-state index is -4.50. The van der Waals surface area contributed by atoms with E-state index in [1.165, 1.54) is 19.2 Å². The van der Waals surface area contributed by atoms with E-state index in [-0.39, 0.29) is 48.0 Å². The Morgan fingerprint density at radius 1 is 1.38 bits per heavy atom. The Hall–Kier alpha value is -1.47. The molecule has 136 valence electrons. The van der Waals surface area contributed by atoms with Crippen LogP contribution in [0.5, 0.6) is 5.75 Å². The van der Waals surface area contributed by atoms with Crippen molar-refractivity contribution in [2.45, 2.75) is 32.0 Å². The Balaban J connectivity index is 0.00000288. The van der Waals surface area contributed by atoms with Crippen molar-refractivity contribution in [2.24, 2.45) is 17.6 Å². The molecular formula is C16H22ClF3N2O2. The summed E-state index contributed by atoms with van der Waals surface area (Å²) < 4.78 is 44.2. The normalized spacial score (nSPS) is 20.4. The molecule has 1 fully saturated rings. The fraction of sp³-hybridized carbons (Fsp3) is 0.562. The smallest absolute Gasteiger partial charge is 0.416 e. The number of carbonyl (C=O) groups is 1. The van der Waals surface area contributed by atoms with Crippen LogP contribution >= 0.6 is 12.4 Å². The summed E-state index contributed by atoms with van der Waals surface area (Å²) in [4.78, 5) is 12.2. The second kappa shape index (κ2) is 8.58. The van der Waals surface area contributed by atoms with E-state index >= 15 is 0 Å². The van der Waals surface area contributed by atoms with Crippen LogP contribution in [0, 0.1) is 11.8 Å². The van der Waals surface area contributed by atoms with Gasteiger partial charge in [-0.2, -0.15) is 13.2 Å². The highest BCUT2D eigenvalue weighted by molar-refractivity contribution is 5.85. The molecule has 0 aromatic heterocycles. The Bertz CT molecular complexity index is 567. The summed E-state index contributed by atoms with van der Waals surface area (Å²) in [5, 5.41) is 2.62. The van der Waals surface area contributed by atoms with Crippen LogP contribution in [0.25, 0.3) is 0 Å². The van der Waals surface area contributed by atoms with E-state index in [9.17, 15) is 18.0 Å². The number of carbonyl (C=O) groups excluding carboxylic acids is 1. The molecule has 1 amide bonds. The lowest BCUT2D eigenvalue weighted by atomic mass is 9.95. The summed E-state index contributed by atoms with van der Waals surface area (Å²) in [6.45, 7) is 0.264. The lowest BCUT2D eigenvalue weighted by Gasteiger charge is -2.19. The Labute approximate surface area is 145 Å². The molecule has 4 nitrogen and oxygen atoms in total. The molecule has 2 rings (SSSR count). The van der Waals surface area contributed by atoms with E-state index in [0.29, 0.717) is 6.54 Å². The Morgan fingerprint density at radius 3 is 2.67 bits per heavy atom. The quantitative estimate of drug-likeness (QED) is 0.841. The summed E-state index contributed by atoms with van der Waals surface area (Å²) in [7, 11) is 1.31. The summed E-state index contributed by atoms with van der Waals surface area (Å²) in [5.41, 5.74) is 4.87. The predicted molar refractivity (Wildman–Crippen MR) is 87.0 cm³/mol. The summed E-state index contributed by atoms with van der Waals surface area (Å²) in [5.74, 6) is -0.172. The molecular weight excluding hydrogens is 345 g/mol. The monoisotopic (exact) mass is 366 g/mol. The van der Waals surface area contributed by atoms with Gasteiger partial charge in [0.25, 0.3) is 0 Å². The first kappa shape index (κ1) is 20.6. The number of hydrogen-bond acceptors (Lipinski definition) is 3. The molecule has 1 aliphatic rings. The lowest BCUT2D eigenvalue weighted by molar-refractivity contribution is -0.138. The first-order valence-corrected chi connectivity index (χ1v) is 7.58. The zero-order valence-corrected chi connectivity index (χ0v) is 14.2. The van der Waals surface area contributed by atoms with Gasteiger partial charge in [-0.3, -0.25) is 4.79 Å². The van der Waals surface area contributed by atoms with E-state index < -0.39 is 11.7 Å². The van der Waals surface area contributed by atoms with Crippen LogP contribution in [0.4, 0.5) is 13.2 Å². The predicted octanol–water partition coefficient (Wildman–Crippen LogP) is 3.13. The van der Waals surface area contributed by atoms with Crippen molar-refractivity contribution in [3.05, 3.63) is 29.3 Å². The van der Waals surface area contributed by atoms with Crippen LogP contribution in [0.1, 0.15) is 30.4 Å². The Kier molecular flexibility index (Phi) is 7.35. The van der Waals surface area contributed by atoms with Crippen molar-refractivity contribution in [2.75, 3.05) is 13.7 Å². The van der Waals surface area contributed by atoms with E-state index in [2.05, 4.69) is 5.32 Å². The van der Waals surface area contributed by atoms with Gasteiger partial charge in [-0.1, -0.05) is 12.5 Å². The SMILES string of the molecule is COc1ccc(CNC(=O)[C@@H]2CCC[C@@H]2CN)c(C(F)(F)F)c1.Cl. The number of nitrogens with one attached hydrogen (secondary N) is 1. The maximum absolute atomic E-state index is 13.1. The van der Waals surface area contributed by atoms with Crippen LogP contribution in [0.2, 0.25) is 0 Å². The zero-order chi connectivity index (χ0) is 17.0. The largest absolute Gasteiger partial charge is 0.497 e. The number of benzene rings is 1.